The molecule has 0 unspecified atom stereocenters. The smallest absolute Gasteiger partial charge is 0.219 e. The molecule has 0 saturated carbocycles. The molecule has 1 heterocycles. The van der Waals surface area contributed by atoms with Gasteiger partial charge in [-0.25, -0.2) is 4.98 Å². The van der Waals surface area contributed by atoms with Crippen LogP contribution in [0.3, 0.4) is 0 Å². The Morgan fingerprint density at radius 3 is 2.60 bits per heavy atom. The number of imidazole rings is 1. The molecule has 0 radical (unpaired) electrons. The zero-order valence-corrected chi connectivity index (χ0v) is 17.9. The van der Waals surface area contributed by atoms with Crippen molar-refractivity contribution in [3.63, 3.8) is 0 Å². The van der Waals surface area contributed by atoms with Gasteiger partial charge in [-0.3, -0.25) is 4.79 Å². The molecule has 0 aliphatic heterocycles. The minimum absolute atomic E-state index is 0.127. The van der Waals surface area contributed by atoms with Crippen molar-refractivity contribution in [3.8, 4) is 11.5 Å². The Labute approximate surface area is 178 Å². The quantitative estimate of drug-likeness (QED) is 0.451. The number of nitrogens with zero attached hydrogens (tertiary/aromatic N) is 2. The third-order valence-corrected chi connectivity index (χ3v) is 4.96. The van der Waals surface area contributed by atoms with Crippen molar-refractivity contribution in [2.24, 2.45) is 0 Å². The highest BCUT2D eigenvalue weighted by Gasteiger charge is 2.10. The van der Waals surface area contributed by atoms with E-state index in [0.29, 0.717) is 19.6 Å². The van der Waals surface area contributed by atoms with E-state index in [2.05, 4.69) is 16.0 Å². The highest BCUT2D eigenvalue weighted by molar-refractivity contribution is 5.76. The maximum absolute atomic E-state index is 11.6. The molecule has 0 saturated heterocycles. The van der Waals surface area contributed by atoms with Crippen LogP contribution in [-0.4, -0.2) is 35.7 Å². The largest absolute Gasteiger partial charge is 0.497 e. The summed E-state index contributed by atoms with van der Waals surface area (Å²) in [5, 5.41) is 2.98. The monoisotopic (exact) mass is 409 g/mol. The van der Waals surface area contributed by atoms with Gasteiger partial charge in [0.25, 0.3) is 0 Å². The van der Waals surface area contributed by atoms with Crippen molar-refractivity contribution >= 4 is 16.9 Å². The van der Waals surface area contributed by atoms with E-state index in [1.807, 2.05) is 49.4 Å². The molecule has 0 spiro atoms. The van der Waals surface area contributed by atoms with Crippen molar-refractivity contribution in [2.45, 2.75) is 45.6 Å². The summed E-state index contributed by atoms with van der Waals surface area (Å²) >= 11 is 0. The molecule has 3 aromatic rings. The van der Waals surface area contributed by atoms with E-state index in [1.54, 1.807) is 7.11 Å². The van der Waals surface area contributed by atoms with Crippen LogP contribution in [0.4, 0.5) is 0 Å². The second-order valence-electron chi connectivity index (χ2n) is 7.25. The molecule has 30 heavy (non-hydrogen) atoms. The third kappa shape index (κ3) is 5.99. The molecular formula is C24H31N3O3. The summed E-state index contributed by atoms with van der Waals surface area (Å²) in [6, 6.07) is 15.9. The standard InChI is InChI=1S/C24H31N3O3/c1-3-8-24(28)25-16-6-11-23-26-21-9-4-5-10-22(21)27(23)17-7-18-30-20-14-12-19(29-2)13-15-20/h4-5,9-10,12-15H,3,6-8,11,16-18H2,1-2H3,(H,25,28). The fourth-order valence-corrected chi connectivity index (χ4v) is 3.44. The van der Waals surface area contributed by atoms with Crippen LogP contribution in [0.1, 0.15) is 38.4 Å². The second-order valence-corrected chi connectivity index (χ2v) is 7.25. The third-order valence-electron chi connectivity index (χ3n) is 4.96. The summed E-state index contributed by atoms with van der Waals surface area (Å²) in [7, 11) is 1.65. The van der Waals surface area contributed by atoms with Gasteiger partial charge in [0.15, 0.2) is 0 Å². The van der Waals surface area contributed by atoms with E-state index in [4.69, 9.17) is 14.5 Å². The Bertz CT molecular complexity index is 935. The van der Waals surface area contributed by atoms with Crippen LogP contribution in [0.15, 0.2) is 48.5 Å². The van der Waals surface area contributed by atoms with E-state index < -0.39 is 0 Å². The van der Waals surface area contributed by atoms with Gasteiger partial charge in [-0.1, -0.05) is 19.1 Å². The first-order valence-corrected chi connectivity index (χ1v) is 10.7. The Hall–Kier alpha value is -3.02. The number of carbonyl (C=O) groups is 1. The lowest BCUT2D eigenvalue weighted by Gasteiger charge is -2.11. The number of amides is 1. The number of ether oxygens (including phenoxy) is 2. The van der Waals surface area contributed by atoms with E-state index in [9.17, 15) is 4.79 Å². The topological polar surface area (TPSA) is 65.4 Å². The van der Waals surface area contributed by atoms with Gasteiger partial charge >= 0.3 is 0 Å². The van der Waals surface area contributed by atoms with Crippen molar-refractivity contribution in [1.29, 1.82) is 0 Å². The minimum atomic E-state index is 0.127. The Morgan fingerprint density at radius 1 is 1.07 bits per heavy atom. The lowest BCUT2D eigenvalue weighted by atomic mass is 10.2. The Kier molecular flexibility index (Phi) is 8.12. The van der Waals surface area contributed by atoms with E-state index in [-0.39, 0.29) is 5.91 Å². The number of hydrogen-bond acceptors (Lipinski definition) is 4. The normalized spacial score (nSPS) is 10.9. The van der Waals surface area contributed by atoms with Crippen LogP contribution in [0.25, 0.3) is 11.0 Å². The number of methoxy groups -OCH3 is 1. The van der Waals surface area contributed by atoms with Gasteiger partial charge in [-0.2, -0.15) is 0 Å². The summed E-state index contributed by atoms with van der Waals surface area (Å²) in [6.07, 6.45) is 4.06. The SMILES string of the molecule is CCCC(=O)NCCCc1nc2ccccc2n1CCCOc1ccc(OC)cc1. The lowest BCUT2D eigenvalue weighted by Crippen LogP contribution is -2.24. The predicted molar refractivity (Wildman–Crippen MR) is 119 cm³/mol. The number of para-hydroxylation sites is 2. The van der Waals surface area contributed by atoms with Gasteiger partial charge < -0.3 is 19.4 Å². The van der Waals surface area contributed by atoms with Crippen LogP contribution in [0.5, 0.6) is 11.5 Å². The molecule has 0 bridgehead atoms. The van der Waals surface area contributed by atoms with Crippen molar-refractivity contribution < 1.29 is 14.3 Å². The first-order chi connectivity index (χ1) is 14.7. The molecule has 6 nitrogen and oxygen atoms in total. The summed E-state index contributed by atoms with van der Waals surface area (Å²) in [5.41, 5.74) is 2.16. The van der Waals surface area contributed by atoms with Gasteiger partial charge in [-0.15, -0.1) is 0 Å². The van der Waals surface area contributed by atoms with E-state index >= 15 is 0 Å². The zero-order chi connectivity index (χ0) is 21.2. The minimum Gasteiger partial charge on any atom is -0.497 e. The molecule has 1 amide bonds. The highest BCUT2D eigenvalue weighted by Crippen LogP contribution is 2.19. The number of benzene rings is 2. The summed E-state index contributed by atoms with van der Waals surface area (Å²) < 4.78 is 13.3. The molecule has 0 aliphatic rings. The van der Waals surface area contributed by atoms with Crippen LogP contribution in [0, 0.1) is 0 Å². The van der Waals surface area contributed by atoms with Crippen molar-refractivity contribution in [3.05, 3.63) is 54.4 Å². The summed E-state index contributed by atoms with van der Waals surface area (Å²) in [5.74, 6) is 2.85. The molecule has 1 aromatic heterocycles. The fraction of sp³-hybridized carbons (Fsp3) is 0.417. The van der Waals surface area contributed by atoms with E-state index in [1.165, 1.54) is 0 Å². The highest BCUT2D eigenvalue weighted by atomic mass is 16.5. The lowest BCUT2D eigenvalue weighted by molar-refractivity contribution is -0.121. The number of hydrogen-bond donors (Lipinski definition) is 1. The molecule has 1 N–H and O–H groups in total. The molecular weight excluding hydrogens is 378 g/mol. The van der Waals surface area contributed by atoms with Crippen LogP contribution in [-0.2, 0) is 17.8 Å². The van der Waals surface area contributed by atoms with Gasteiger partial charge in [-0.05, 0) is 55.7 Å². The molecule has 0 atom stereocenters. The van der Waals surface area contributed by atoms with Crippen LogP contribution < -0.4 is 14.8 Å². The van der Waals surface area contributed by atoms with Crippen LogP contribution >= 0.6 is 0 Å². The molecule has 0 fully saturated rings. The predicted octanol–water partition coefficient (Wildman–Crippen LogP) is 4.36. The van der Waals surface area contributed by atoms with Gasteiger partial charge in [0, 0.05) is 25.9 Å². The van der Waals surface area contributed by atoms with Gasteiger partial charge in [0.2, 0.25) is 5.91 Å². The maximum atomic E-state index is 11.6. The molecule has 0 aliphatic carbocycles. The first kappa shape index (κ1) is 21.7. The number of carbonyl (C=O) groups excluding carboxylic acids is 1. The second kappa shape index (κ2) is 11.2. The maximum Gasteiger partial charge on any atom is 0.219 e. The average Bonchev–Trinajstić information content (AvgIpc) is 3.12. The zero-order valence-electron chi connectivity index (χ0n) is 17.9. The molecule has 6 heteroatoms. The van der Waals surface area contributed by atoms with Gasteiger partial charge in [0.1, 0.15) is 17.3 Å². The van der Waals surface area contributed by atoms with Gasteiger partial charge in [0.05, 0.1) is 24.8 Å². The summed E-state index contributed by atoms with van der Waals surface area (Å²) in [4.78, 5) is 16.5. The van der Waals surface area contributed by atoms with E-state index in [0.717, 1.165) is 60.6 Å². The molecule has 160 valence electrons. The first-order valence-electron chi connectivity index (χ1n) is 10.7. The number of nitrogens with one attached hydrogen (secondary N) is 1. The molecule has 3 rings (SSSR count). The summed E-state index contributed by atoms with van der Waals surface area (Å²) in [6.45, 7) is 4.17. The molecule has 2 aromatic carbocycles. The Morgan fingerprint density at radius 2 is 1.83 bits per heavy atom. The van der Waals surface area contributed by atoms with Crippen molar-refractivity contribution in [2.75, 3.05) is 20.3 Å². The fourth-order valence-electron chi connectivity index (χ4n) is 3.44. The van der Waals surface area contributed by atoms with Crippen LogP contribution in [0.2, 0.25) is 0 Å². The van der Waals surface area contributed by atoms with Crippen molar-refractivity contribution in [1.82, 2.24) is 14.9 Å². The number of fused-ring (bicyclic) bond motifs is 1. The number of rotatable bonds is 12. The number of aryl methyl sites for hydroxylation is 2. The Balaban J connectivity index is 1.55. The average molecular weight is 410 g/mol. The number of aromatic nitrogens is 2.